The second kappa shape index (κ2) is 6.87. The van der Waals surface area contributed by atoms with Gasteiger partial charge in [0, 0.05) is 18.3 Å². The first-order chi connectivity index (χ1) is 9.19. The quantitative estimate of drug-likeness (QED) is 0.713. The molecule has 5 heteroatoms. The van der Waals surface area contributed by atoms with Gasteiger partial charge in [-0.2, -0.15) is 11.8 Å². The van der Waals surface area contributed by atoms with Crippen molar-refractivity contribution in [1.82, 2.24) is 9.55 Å². The third-order valence-electron chi connectivity index (χ3n) is 3.23. The van der Waals surface area contributed by atoms with Gasteiger partial charge in [0.2, 0.25) is 0 Å². The molecule has 0 aliphatic carbocycles. The first-order valence-corrected chi connectivity index (χ1v) is 8.70. The molecule has 1 aromatic heterocycles. The first kappa shape index (κ1) is 15.0. The van der Waals surface area contributed by atoms with Gasteiger partial charge in [0.15, 0.2) is 0 Å². The fourth-order valence-corrected chi connectivity index (χ4v) is 3.31. The van der Waals surface area contributed by atoms with Crippen LogP contribution in [0.25, 0.3) is 11.0 Å². The Morgan fingerprint density at radius 2 is 2.21 bits per heavy atom. The number of hydrogen-bond donors (Lipinski definition) is 0. The van der Waals surface area contributed by atoms with Crippen LogP contribution in [0, 0.1) is 0 Å². The lowest BCUT2D eigenvalue weighted by molar-refractivity contribution is 0.528. The Morgan fingerprint density at radius 3 is 2.89 bits per heavy atom. The van der Waals surface area contributed by atoms with Crippen LogP contribution in [0.1, 0.15) is 25.2 Å². The van der Waals surface area contributed by atoms with Gasteiger partial charge in [-0.25, -0.2) is 4.98 Å². The highest BCUT2D eigenvalue weighted by Gasteiger charge is 2.17. The summed E-state index contributed by atoms with van der Waals surface area (Å²) in [7, 11) is 0. The Kier molecular flexibility index (Phi) is 5.43. The molecule has 0 fully saturated rings. The molecule has 0 spiro atoms. The third kappa shape index (κ3) is 3.21. The second-order valence-electron chi connectivity index (χ2n) is 4.58. The molecule has 19 heavy (non-hydrogen) atoms. The standard InChI is InChI=1S/C14H18Cl2N2S/c1-10(7-9-19-2)18-13(6-8-15)17-12-5-3-4-11(16)14(12)18/h3-5,10H,6-9H2,1-2H3. The average molecular weight is 317 g/mol. The average Bonchev–Trinajstić information content (AvgIpc) is 2.76. The SMILES string of the molecule is CSCCC(C)n1c(CCCl)nc2cccc(Cl)c21. The van der Waals surface area contributed by atoms with Crippen molar-refractivity contribution < 1.29 is 0 Å². The molecule has 0 saturated heterocycles. The summed E-state index contributed by atoms with van der Waals surface area (Å²) in [5.74, 6) is 2.74. The van der Waals surface area contributed by atoms with E-state index in [0.717, 1.165) is 40.5 Å². The molecule has 2 aromatic rings. The monoisotopic (exact) mass is 316 g/mol. The molecular weight excluding hydrogens is 299 g/mol. The number of para-hydroxylation sites is 1. The number of benzene rings is 1. The highest BCUT2D eigenvalue weighted by molar-refractivity contribution is 7.98. The summed E-state index contributed by atoms with van der Waals surface area (Å²) in [6, 6.07) is 6.26. The lowest BCUT2D eigenvalue weighted by Crippen LogP contribution is -2.11. The first-order valence-electron chi connectivity index (χ1n) is 6.39. The number of aryl methyl sites for hydroxylation is 1. The van der Waals surface area contributed by atoms with Gasteiger partial charge in [-0.05, 0) is 37.5 Å². The summed E-state index contributed by atoms with van der Waals surface area (Å²) in [5.41, 5.74) is 2.00. The van der Waals surface area contributed by atoms with E-state index >= 15 is 0 Å². The molecule has 2 nitrogen and oxygen atoms in total. The van der Waals surface area contributed by atoms with Crippen LogP contribution in [-0.2, 0) is 6.42 Å². The van der Waals surface area contributed by atoms with E-state index in [4.69, 9.17) is 23.2 Å². The van der Waals surface area contributed by atoms with Gasteiger partial charge in [0.05, 0.1) is 16.1 Å². The van der Waals surface area contributed by atoms with Crippen molar-refractivity contribution in [3.05, 3.63) is 29.0 Å². The summed E-state index contributed by atoms with van der Waals surface area (Å²) in [5, 5.41) is 0.766. The lowest BCUT2D eigenvalue weighted by atomic mass is 10.2. The van der Waals surface area contributed by atoms with Crippen molar-refractivity contribution in [3.8, 4) is 0 Å². The molecular formula is C14H18Cl2N2S. The van der Waals surface area contributed by atoms with E-state index in [0.29, 0.717) is 11.9 Å². The van der Waals surface area contributed by atoms with Crippen molar-refractivity contribution in [2.24, 2.45) is 0 Å². The van der Waals surface area contributed by atoms with Crippen molar-refractivity contribution in [2.45, 2.75) is 25.8 Å². The van der Waals surface area contributed by atoms with Gasteiger partial charge < -0.3 is 4.57 Å². The number of hydrogen-bond acceptors (Lipinski definition) is 2. The third-order valence-corrected chi connectivity index (χ3v) is 4.37. The number of alkyl halides is 1. The van der Waals surface area contributed by atoms with Crippen LogP contribution in [0.15, 0.2) is 18.2 Å². The maximum atomic E-state index is 6.35. The number of nitrogens with zero attached hydrogens (tertiary/aromatic N) is 2. The molecule has 0 radical (unpaired) electrons. The zero-order chi connectivity index (χ0) is 13.8. The predicted molar refractivity (Wildman–Crippen MR) is 86.9 cm³/mol. The highest BCUT2D eigenvalue weighted by Crippen LogP contribution is 2.29. The summed E-state index contributed by atoms with van der Waals surface area (Å²) in [6.45, 7) is 2.22. The number of fused-ring (bicyclic) bond motifs is 1. The number of thioether (sulfide) groups is 1. The van der Waals surface area contributed by atoms with E-state index in [2.05, 4.69) is 22.7 Å². The van der Waals surface area contributed by atoms with Crippen LogP contribution in [0.2, 0.25) is 5.02 Å². The molecule has 0 amide bonds. The minimum atomic E-state index is 0.385. The molecule has 0 aliphatic rings. The molecule has 0 N–H and O–H groups in total. The molecule has 0 aliphatic heterocycles. The Labute approximate surface area is 128 Å². The fourth-order valence-electron chi connectivity index (χ4n) is 2.31. The Morgan fingerprint density at radius 1 is 1.42 bits per heavy atom. The number of rotatable bonds is 6. The lowest BCUT2D eigenvalue weighted by Gasteiger charge is -2.17. The van der Waals surface area contributed by atoms with Gasteiger partial charge in [0.25, 0.3) is 0 Å². The van der Waals surface area contributed by atoms with Crippen LogP contribution in [-0.4, -0.2) is 27.4 Å². The van der Waals surface area contributed by atoms with E-state index in [1.54, 1.807) is 0 Å². The van der Waals surface area contributed by atoms with E-state index in [-0.39, 0.29) is 0 Å². The van der Waals surface area contributed by atoms with Crippen LogP contribution in [0.5, 0.6) is 0 Å². The largest absolute Gasteiger partial charge is 0.324 e. The van der Waals surface area contributed by atoms with Crippen LogP contribution in [0.3, 0.4) is 0 Å². The van der Waals surface area contributed by atoms with Gasteiger partial charge in [-0.3, -0.25) is 0 Å². The van der Waals surface area contributed by atoms with Gasteiger partial charge in [-0.1, -0.05) is 17.7 Å². The van der Waals surface area contributed by atoms with E-state index in [1.165, 1.54) is 0 Å². The van der Waals surface area contributed by atoms with E-state index in [9.17, 15) is 0 Å². The molecule has 1 atom stereocenters. The van der Waals surface area contributed by atoms with Gasteiger partial charge >= 0.3 is 0 Å². The molecule has 2 rings (SSSR count). The summed E-state index contributed by atoms with van der Waals surface area (Å²) in [6.07, 6.45) is 4.01. The molecule has 1 heterocycles. The van der Waals surface area contributed by atoms with Crippen molar-refractivity contribution >= 4 is 46.0 Å². The zero-order valence-corrected chi connectivity index (χ0v) is 13.5. The highest BCUT2D eigenvalue weighted by atomic mass is 35.5. The fraction of sp³-hybridized carbons (Fsp3) is 0.500. The van der Waals surface area contributed by atoms with E-state index in [1.807, 2.05) is 30.0 Å². The molecule has 1 aromatic carbocycles. The van der Waals surface area contributed by atoms with Gasteiger partial charge in [-0.15, -0.1) is 11.6 Å². The maximum absolute atomic E-state index is 6.35. The topological polar surface area (TPSA) is 17.8 Å². The maximum Gasteiger partial charge on any atom is 0.111 e. The Balaban J connectivity index is 2.50. The normalized spacial score (nSPS) is 13.1. The molecule has 1 unspecified atom stereocenters. The van der Waals surface area contributed by atoms with Crippen LogP contribution < -0.4 is 0 Å². The summed E-state index contributed by atoms with van der Waals surface area (Å²) in [4.78, 5) is 4.68. The number of aromatic nitrogens is 2. The zero-order valence-electron chi connectivity index (χ0n) is 11.2. The molecule has 0 saturated carbocycles. The molecule has 0 bridgehead atoms. The Hall–Kier alpha value is -0.380. The molecule has 104 valence electrons. The minimum absolute atomic E-state index is 0.385. The van der Waals surface area contributed by atoms with Gasteiger partial charge in [0.1, 0.15) is 5.82 Å². The van der Waals surface area contributed by atoms with Crippen molar-refractivity contribution in [1.29, 1.82) is 0 Å². The number of halogens is 2. The smallest absolute Gasteiger partial charge is 0.111 e. The van der Waals surface area contributed by atoms with Crippen molar-refractivity contribution in [3.63, 3.8) is 0 Å². The second-order valence-corrected chi connectivity index (χ2v) is 6.35. The van der Waals surface area contributed by atoms with Crippen LogP contribution >= 0.6 is 35.0 Å². The van der Waals surface area contributed by atoms with Crippen LogP contribution in [0.4, 0.5) is 0 Å². The number of imidazole rings is 1. The minimum Gasteiger partial charge on any atom is -0.324 e. The van der Waals surface area contributed by atoms with Crippen molar-refractivity contribution in [2.75, 3.05) is 17.9 Å². The summed E-state index contributed by atoms with van der Waals surface area (Å²) < 4.78 is 2.26. The summed E-state index contributed by atoms with van der Waals surface area (Å²) >= 11 is 14.1. The predicted octanol–water partition coefficient (Wildman–Crippen LogP) is 4.79. The van der Waals surface area contributed by atoms with E-state index < -0.39 is 0 Å². The Bertz CT molecular complexity index is 554.